The highest BCUT2D eigenvalue weighted by molar-refractivity contribution is 5.88. The van der Waals surface area contributed by atoms with Crippen LogP contribution < -0.4 is 0 Å². The summed E-state index contributed by atoms with van der Waals surface area (Å²) in [4.78, 5) is 4.54. The van der Waals surface area contributed by atoms with E-state index in [9.17, 15) is 0 Å². The van der Waals surface area contributed by atoms with Crippen LogP contribution in [0.3, 0.4) is 0 Å². The lowest BCUT2D eigenvalue weighted by molar-refractivity contribution is 0.779. The number of hydrogen-bond acceptors (Lipinski definition) is 2. The Balaban J connectivity index is 2.19. The smallest absolute Gasteiger partial charge is 0.0926 e. The summed E-state index contributed by atoms with van der Waals surface area (Å²) in [5.74, 6) is 0.513. The molecule has 0 fully saturated rings. The molecule has 3 nitrogen and oxygen atoms in total. The molecule has 3 aromatic rings. The van der Waals surface area contributed by atoms with Crippen LogP contribution in [0.1, 0.15) is 30.9 Å². The Morgan fingerprint density at radius 1 is 1.15 bits per heavy atom. The monoisotopic (exact) mass is 265 g/mol. The third kappa shape index (κ3) is 2.09. The lowest BCUT2D eigenvalue weighted by Crippen LogP contribution is -1.92. The second-order valence-electron chi connectivity index (χ2n) is 5.60. The van der Waals surface area contributed by atoms with Gasteiger partial charge in [0, 0.05) is 30.4 Å². The standard InChI is InChI=1S/C17H19N3/c1-11(2)13-7-8-18-17(9-13)14-5-6-16-15(12(14)3)10-20(4)19-16/h5-11H,1-4H3. The zero-order valence-corrected chi connectivity index (χ0v) is 12.4. The average molecular weight is 265 g/mol. The summed E-state index contributed by atoms with van der Waals surface area (Å²) in [6.07, 6.45) is 3.97. The predicted molar refractivity (Wildman–Crippen MR) is 82.8 cm³/mol. The van der Waals surface area contributed by atoms with E-state index < -0.39 is 0 Å². The molecule has 0 saturated heterocycles. The molecule has 0 saturated carbocycles. The van der Waals surface area contributed by atoms with Crippen LogP contribution in [0.5, 0.6) is 0 Å². The van der Waals surface area contributed by atoms with E-state index in [1.807, 2.05) is 17.9 Å². The summed E-state index contributed by atoms with van der Waals surface area (Å²) >= 11 is 0. The van der Waals surface area contributed by atoms with Crippen LogP contribution in [0.25, 0.3) is 22.2 Å². The molecule has 0 amide bonds. The van der Waals surface area contributed by atoms with E-state index in [0.717, 1.165) is 11.2 Å². The highest BCUT2D eigenvalue weighted by atomic mass is 15.2. The van der Waals surface area contributed by atoms with Crippen molar-refractivity contribution in [1.82, 2.24) is 14.8 Å². The average Bonchev–Trinajstić information content (AvgIpc) is 2.81. The molecule has 102 valence electrons. The molecule has 0 unspecified atom stereocenters. The van der Waals surface area contributed by atoms with Gasteiger partial charge in [0.2, 0.25) is 0 Å². The molecule has 2 heterocycles. The number of nitrogens with zero attached hydrogens (tertiary/aromatic N) is 3. The van der Waals surface area contributed by atoms with Gasteiger partial charge < -0.3 is 0 Å². The highest BCUT2D eigenvalue weighted by Gasteiger charge is 2.10. The number of hydrogen-bond donors (Lipinski definition) is 0. The Kier molecular flexibility index (Phi) is 3.05. The molecule has 1 aromatic carbocycles. The molecule has 2 aromatic heterocycles. The number of aromatic nitrogens is 3. The number of rotatable bonds is 2. The second kappa shape index (κ2) is 4.75. The summed E-state index contributed by atoms with van der Waals surface area (Å²) in [5, 5.41) is 5.65. The number of benzene rings is 1. The van der Waals surface area contributed by atoms with Crippen molar-refractivity contribution in [2.24, 2.45) is 7.05 Å². The van der Waals surface area contributed by atoms with E-state index in [1.165, 1.54) is 22.1 Å². The third-order valence-electron chi connectivity index (χ3n) is 3.80. The van der Waals surface area contributed by atoms with Gasteiger partial charge in [0.15, 0.2) is 0 Å². The lowest BCUT2D eigenvalue weighted by atomic mass is 9.98. The van der Waals surface area contributed by atoms with Crippen molar-refractivity contribution < 1.29 is 0 Å². The SMILES string of the molecule is Cc1c(-c2cc(C(C)C)ccn2)ccc2nn(C)cc12. The van der Waals surface area contributed by atoms with Crippen LogP contribution in [0.15, 0.2) is 36.7 Å². The Hall–Kier alpha value is -2.16. The quantitative estimate of drug-likeness (QED) is 0.699. The maximum atomic E-state index is 4.54. The minimum absolute atomic E-state index is 0.513. The van der Waals surface area contributed by atoms with Gasteiger partial charge >= 0.3 is 0 Å². The largest absolute Gasteiger partial charge is 0.275 e. The summed E-state index contributed by atoms with van der Waals surface area (Å²) in [6.45, 7) is 6.55. The Morgan fingerprint density at radius 2 is 1.95 bits per heavy atom. The topological polar surface area (TPSA) is 30.7 Å². The molecule has 20 heavy (non-hydrogen) atoms. The fourth-order valence-corrected chi connectivity index (χ4v) is 2.58. The van der Waals surface area contributed by atoms with Crippen molar-refractivity contribution in [2.45, 2.75) is 26.7 Å². The van der Waals surface area contributed by atoms with Crippen molar-refractivity contribution in [3.8, 4) is 11.3 Å². The summed E-state index contributed by atoms with van der Waals surface area (Å²) in [5.41, 5.74) is 5.82. The molecular formula is C17H19N3. The molecule has 0 spiro atoms. The van der Waals surface area contributed by atoms with Crippen LogP contribution in [0, 0.1) is 6.92 Å². The Morgan fingerprint density at radius 3 is 2.70 bits per heavy atom. The molecule has 0 aliphatic carbocycles. The van der Waals surface area contributed by atoms with Crippen molar-refractivity contribution in [1.29, 1.82) is 0 Å². The number of pyridine rings is 1. The van der Waals surface area contributed by atoms with Crippen molar-refractivity contribution in [3.05, 3.63) is 47.8 Å². The van der Waals surface area contributed by atoms with Crippen molar-refractivity contribution >= 4 is 10.9 Å². The second-order valence-corrected chi connectivity index (χ2v) is 5.60. The molecule has 0 radical (unpaired) electrons. The highest BCUT2D eigenvalue weighted by Crippen LogP contribution is 2.29. The molecule has 0 aliphatic rings. The maximum absolute atomic E-state index is 4.54. The van der Waals surface area contributed by atoms with Gasteiger partial charge in [-0.3, -0.25) is 9.67 Å². The van der Waals surface area contributed by atoms with Crippen LogP contribution in [-0.4, -0.2) is 14.8 Å². The molecule has 0 aliphatic heterocycles. The van der Waals surface area contributed by atoms with Gasteiger partial charge in [-0.15, -0.1) is 0 Å². The van der Waals surface area contributed by atoms with E-state index in [-0.39, 0.29) is 0 Å². The first-order valence-corrected chi connectivity index (χ1v) is 6.95. The van der Waals surface area contributed by atoms with Gasteiger partial charge in [0.1, 0.15) is 0 Å². The lowest BCUT2D eigenvalue weighted by Gasteiger charge is -2.10. The van der Waals surface area contributed by atoms with Crippen LogP contribution in [0.2, 0.25) is 0 Å². The minimum atomic E-state index is 0.513. The first-order valence-electron chi connectivity index (χ1n) is 6.95. The molecular weight excluding hydrogens is 246 g/mol. The minimum Gasteiger partial charge on any atom is -0.275 e. The van der Waals surface area contributed by atoms with E-state index in [1.54, 1.807) is 0 Å². The third-order valence-corrected chi connectivity index (χ3v) is 3.80. The van der Waals surface area contributed by atoms with Gasteiger partial charge in [-0.2, -0.15) is 5.10 Å². The van der Waals surface area contributed by atoms with Crippen molar-refractivity contribution in [2.75, 3.05) is 0 Å². The van der Waals surface area contributed by atoms with Gasteiger partial charge in [-0.1, -0.05) is 19.9 Å². The summed E-state index contributed by atoms with van der Waals surface area (Å²) < 4.78 is 1.86. The van der Waals surface area contributed by atoms with E-state index >= 15 is 0 Å². The number of aryl methyl sites for hydroxylation is 2. The zero-order chi connectivity index (χ0) is 14.3. The molecule has 3 heteroatoms. The predicted octanol–water partition coefficient (Wildman–Crippen LogP) is 4.07. The fourth-order valence-electron chi connectivity index (χ4n) is 2.58. The van der Waals surface area contributed by atoms with Gasteiger partial charge in [0.25, 0.3) is 0 Å². The van der Waals surface area contributed by atoms with Crippen LogP contribution in [0.4, 0.5) is 0 Å². The fraction of sp³-hybridized carbons (Fsp3) is 0.294. The number of fused-ring (bicyclic) bond motifs is 1. The van der Waals surface area contributed by atoms with E-state index in [0.29, 0.717) is 5.92 Å². The summed E-state index contributed by atoms with van der Waals surface area (Å²) in [6, 6.07) is 8.47. The van der Waals surface area contributed by atoms with Crippen molar-refractivity contribution in [3.63, 3.8) is 0 Å². The van der Waals surface area contributed by atoms with Gasteiger partial charge in [0.05, 0.1) is 11.2 Å². The maximum Gasteiger partial charge on any atom is 0.0926 e. The van der Waals surface area contributed by atoms with Gasteiger partial charge in [-0.25, -0.2) is 0 Å². The molecule has 0 bridgehead atoms. The van der Waals surface area contributed by atoms with E-state index in [2.05, 4.69) is 61.3 Å². The van der Waals surface area contributed by atoms with Crippen LogP contribution in [-0.2, 0) is 7.05 Å². The summed E-state index contributed by atoms with van der Waals surface area (Å²) in [7, 11) is 1.96. The first kappa shape index (κ1) is 12.9. The molecule has 3 rings (SSSR count). The normalized spacial score (nSPS) is 11.4. The Labute approximate surface area is 119 Å². The van der Waals surface area contributed by atoms with Crippen LogP contribution >= 0.6 is 0 Å². The Bertz CT molecular complexity index is 769. The zero-order valence-electron chi connectivity index (χ0n) is 12.4. The van der Waals surface area contributed by atoms with Gasteiger partial charge in [-0.05, 0) is 42.2 Å². The first-order chi connectivity index (χ1) is 9.56. The molecule has 0 atom stereocenters. The van der Waals surface area contributed by atoms with E-state index in [4.69, 9.17) is 0 Å². The molecule has 0 N–H and O–H groups in total.